The highest BCUT2D eigenvalue weighted by molar-refractivity contribution is 7.99. The summed E-state index contributed by atoms with van der Waals surface area (Å²) in [5, 5.41) is 0.620. The van der Waals surface area contributed by atoms with Crippen molar-refractivity contribution in [3.63, 3.8) is 0 Å². The number of carbonyl (C=O) groups excluding carboxylic acids is 2. The molecule has 1 aliphatic heterocycles. The number of oxazole rings is 1. The second-order valence-corrected chi connectivity index (χ2v) is 5.81. The summed E-state index contributed by atoms with van der Waals surface area (Å²) in [6.45, 7) is 2.28. The molecule has 0 bridgehead atoms. The van der Waals surface area contributed by atoms with Crippen molar-refractivity contribution in [3.8, 4) is 0 Å². The summed E-state index contributed by atoms with van der Waals surface area (Å²) >= 11 is 1.48. The van der Waals surface area contributed by atoms with Gasteiger partial charge in [-0.3, -0.25) is 14.5 Å². The first kappa shape index (κ1) is 13.9. The molecule has 2 heterocycles. The minimum absolute atomic E-state index is 0.201. The van der Waals surface area contributed by atoms with Crippen molar-refractivity contribution in [1.82, 2.24) is 9.88 Å². The van der Waals surface area contributed by atoms with Crippen molar-refractivity contribution < 1.29 is 14.0 Å². The normalized spacial score (nSPS) is 13.9. The molecule has 0 saturated heterocycles. The minimum Gasteiger partial charge on any atom is -0.440 e. The molecule has 3 rings (SSSR count). The zero-order valence-corrected chi connectivity index (χ0v) is 12.4. The third-order valence-corrected chi connectivity index (χ3v) is 4.15. The largest absolute Gasteiger partial charge is 0.440 e. The van der Waals surface area contributed by atoms with Crippen LogP contribution in [0.1, 0.15) is 32.8 Å². The monoisotopic (exact) mass is 302 g/mol. The van der Waals surface area contributed by atoms with Crippen molar-refractivity contribution in [2.45, 2.75) is 18.6 Å². The zero-order valence-electron chi connectivity index (χ0n) is 11.5. The van der Waals surface area contributed by atoms with Crippen molar-refractivity contribution in [2.24, 2.45) is 0 Å². The van der Waals surface area contributed by atoms with Gasteiger partial charge in [-0.05, 0) is 25.5 Å². The lowest BCUT2D eigenvalue weighted by Crippen LogP contribution is -2.30. The topological polar surface area (TPSA) is 63.4 Å². The Bertz CT molecular complexity index is 661. The van der Waals surface area contributed by atoms with Crippen molar-refractivity contribution >= 4 is 23.6 Å². The standard InChI is InChI=1S/C15H14N2O3S/c1-10-9-20-15(16-10)21-8-4-7-17-13(18)11-5-2-3-6-12(11)14(17)19/h2-3,5-6,9H,4,7-8H2,1H3. The number of imide groups is 1. The van der Waals surface area contributed by atoms with Gasteiger partial charge in [0.2, 0.25) is 0 Å². The van der Waals surface area contributed by atoms with E-state index in [9.17, 15) is 9.59 Å². The second kappa shape index (κ2) is 5.73. The third-order valence-electron chi connectivity index (χ3n) is 3.23. The number of benzene rings is 1. The van der Waals surface area contributed by atoms with Crippen LogP contribution in [0.25, 0.3) is 0 Å². The van der Waals surface area contributed by atoms with Gasteiger partial charge in [0.05, 0.1) is 16.8 Å². The van der Waals surface area contributed by atoms with E-state index in [1.807, 2.05) is 6.92 Å². The highest BCUT2D eigenvalue weighted by atomic mass is 32.2. The number of rotatable bonds is 5. The Balaban J connectivity index is 1.55. The number of nitrogens with zero attached hydrogens (tertiary/aromatic N) is 2. The molecule has 0 radical (unpaired) electrons. The van der Waals surface area contributed by atoms with E-state index in [-0.39, 0.29) is 11.8 Å². The zero-order chi connectivity index (χ0) is 14.8. The summed E-state index contributed by atoms with van der Waals surface area (Å²) in [5.41, 5.74) is 1.84. The van der Waals surface area contributed by atoms with Crippen molar-refractivity contribution in [3.05, 3.63) is 47.3 Å². The molecule has 5 nitrogen and oxygen atoms in total. The van der Waals surface area contributed by atoms with E-state index in [1.165, 1.54) is 16.7 Å². The lowest BCUT2D eigenvalue weighted by molar-refractivity contribution is 0.0655. The quantitative estimate of drug-likeness (QED) is 0.483. The molecule has 0 fully saturated rings. The van der Waals surface area contributed by atoms with E-state index < -0.39 is 0 Å². The Morgan fingerprint density at radius 1 is 1.19 bits per heavy atom. The lowest BCUT2D eigenvalue weighted by atomic mass is 10.1. The predicted octanol–water partition coefficient (Wildman–Crippen LogP) is 2.76. The number of hydrogen-bond acceptors (Lipinski definition) is 5. The third kappa shape index (κ3) is 2.71. The van der Waals surface area contributed by atoms with Gasteiger partial charge in [-0.2, -0.15) is 0 Å². The van der Waals surface area contributed by atoms with Gasteiger partial charge in [0.1, 0.15) is 6.26 Å². The maximum atomic E-state index is 12.1. The van der Waals surface area contributed by atoms with Crippen LogP contribution in [0.15, 0.2) is 40.2 Å². The van der Waals surface area contributed by atoms with Gasteiger partial charge in [-0.15, -0.1) is 0 Å². The molecule has 2 aromatic rings. The molecule has 108 valence electrons. The first-order valence-corrected chi connectivity index (χ1v) is 7.65. The summed E-state index contributed by atoms with van der Waals surface area (Å²) in [6, 6.07) is 6.93. The van der Waals surface area contributed by atoms with Crippen LogP contribution in [0.5, 0.6) is 0 Å². The molecule has 1 aliphatic rings. The van der Waals surface area contributed by atoms with E-state index in [1.54, 1.807) is 30.5 Å². The molecular formula is C15H14N2O3S. The van der Waals surface area contributed by atoms with Crippen LogP contribution in [0.3, 0.4) is 0 Å². The smallest absolute Gasteiger partial charge is 0.261 e. The summed E-state index contributed by atoms with van der Waals surface area (Å²) in [5.74, 6) is 0.341. The summed E-state index contributed by atoms with van der Waals surface area (Å²) in [6.07, 6.45) is 2.31. The molecule has 1 aromatic heterocycles. The van der Waals surface area contributed by atoms with Crippen LogP contribution in [-0.4, -0.2) is 34.0 Å². The first-order valence-electron chi connectivity index (χ1n) is 6.67. The molecule has 0 saturated carbocycles. The van der Waals surface area contributed by atoms with Gasteiger partial charge in [0, 0.05) is 12.3 Å². The molecule has 1 aromatic carbocycles. The van der Waals surface area contributed by atoms with Crippen LogP contribution in [0.2, 0.25) is 0 Å². The average molecular weight is 302 g/mol. The van der Waals surface area contributed by atoms with Gasteiger partial charge in [-0.25, -0.2) is 4.98 Å². The van der Waals surface area contributed by atoms with E-state index in [4.69, 9.17) is 4.42 Å². The fraction of sp³-hybridized carbons (Fsp3) is 0.267. The molecule has 0 N–H and O–H groups in total. The van der Waals surface area contributed by atoms with Gasteiger partial charge in [0.15, 0.2) is 0 Å². The Morgan fingerprint density at radius 2 is 1.86 bits per heavy atom. The average Bonchev–Trinajstić information content (AvgIpc) is 3.00. The van der Waals surface area contributed by atoms with Crippen LogP contribution >= 0.6 is 11.8 Å². The first-order chi connectivity index (χ1) is 10.2. The Hall–Kier alpha value is -2.08. The Morgan fingerprint density at radius 3 is 2.43 bits per heavy atom. The molecule has 2 amide bonds. The molecular weight excluding hydrogens is 288 g/mol. The predicted molar refractivity (Wildman–Crippen MR) is 78.4 cm³/mol. The second-order valence-electron chi connectivity index (χ2n) is 4.76. The van der Waals surface area contributed by atoms with Gasteiger partial charge in [-0.1, -0.05) is 23.9 Å². The summed E-state index contributed by atoms with van der Waals surface area (Å²) in [4.78, 5) is 29.8. The number of aryl methyl sites for hydroxylation is 1. The number of aromatic nitrogens is 1. The van der Waals surface area contributed by atoms with E-state index in [2.05, 4.69) is 4.98 Å². The summed E-state index contributed by atoms with van der Waals surface area (Å²) in [7, 11) is 0. The highest BCUT2D eigenvalue weighted by Gasteiger charge is 2.34. The number of amides is 2. The maximum absolute atomic E-state index is 12.1. The van der Waals surface area contributed by atoms with Crippen molar-refractivity contribution in [1.29, 1.82) is 0 Å². The van der Waals surface area contributed by atoms with Gasteiger partial charge >= 0.3 is 0 Å². The van der Waals surface area contributed by atoms with E-state index in [0.717, 1.165) is 11.4 Å². The van der Waals surface area contributed by atoms with E-state index in [0.29, 0.717) is 29.3 Å². The number of carbonyl (C=O) groups is 2. The van der Waals surface area contributed by atoms with Crippen molar-refractivity contribution in [2.75, 3.05) is 12.3 Å². The molecule has 0 atom stereocenters. The highest BCUT2D eigenvalue weighted by Crippen LogP contribution is 2.23. The van der Waals surface area contributed by atoms with Crippen LogP contribution in [-0.2, 0) is 0 Å². The number of fused-ring (bicyclic) bond motifs is 1. The molecule has 6 heteroatoms. The van der Waals surface area contributed by atoms with Crippen LogP contribution in [0, 0.1) is 6.92 Å². The van der Waals surface area contributed by atoms with Gasteiger partial charge < -0.3 is 4.42 Å². The lowest BCUT2D eigenvalue weighted by Gasteiger charge is -2.12. The van der Waals surface area contributed by atoms with Crippen LogP contribution < -0.4 is 0 Å². The van der Waals surface area contributed by atoms with E-state index >= 15 is 0 Å². The molecule has 0 spiro atoms. The SMILES string of the molecule is Cc1coc(SCCCN2C(=O)c3ccccc3C2=O)n1. The minimum atomic E-state index is -0.201. The Kier molecular flexibility index (Phi) is 3.79. The number of thioether (sulfide) groups is 1. The molecule has 21 heavy (non-hydrogen) atoms. The van der Waals surface area contributed by atoms with Gasteiger partial charge in [0.25, 0.3) is 17.0 Å². The molecule has 0 aliphatic carbocycles. The summed E-state index contributed by atoms with van der Waals surface area (Å²) < 4.78 is 5.23. The Labute approximate surface area is 126 Å². The van der Waals surface area contributed by atoms with Crippen LogP contribution in [0.4, 0.5) is 0 Å². The fourth-order valence-electron chi connectivity index (χ4n) is 2.22. The molecule has 0 unspecified atom stereocenters. The number of hydrogen-bond donors (Lipinski definition) is 0. The maximum Gasteiger partial charge on any atom is 0.261 e. The fourth-order valence-corrected chi connectivity index (χ4v) is 3.00.